The van der Waals surface area contributed by atoms with Gasteiger partial charge in [0.25, 0.3) is 0 Å². The molecule has 3 aliphatic rings. The number of nitrogens with one attached hydrogen (secondary N) is 4. The molecule has 0 aromatic rings. The Kier molecular flexibility index (Phi) is 6.65. The molecule has 5 atom stereocenters. The van der Waals surface area contributed by atoms with Crippen LogP contribution in [-0.4, -0.2) is 64.4 Å². The summed E-state index contributed by atoms with van der Waals surface area (Å²) in [5.74, 6) is -0.689. The summed E-state index contributed by atoms with van der Waals surface area (Å²) in [5, 5.41) is 16.6. The van der Waals surface area contributed by atoms with Crippen LogP contribution >= 0.6 is 0 Å². The second-order valence-electron chi connectivity index (χ2n) is 13.0. The Morgan fingerprint density at radius 1 is 1.09 bits per heavy atom. The average Bonchev–Trinajstić information content (AvgIpc) is 2.62. The molecule has 0 aromatic carbocycles. The van der Waals surface area contributed by atoms with Crippen molar-refractivity contribution in [3.8, 4) is 0 Å². The Labute approximate surface area is 202 Å². The fourth-order valence-electron chi connectivity index (χ4n) is 5.34. The highest BCUT2D eigenvalue weighted by Crippen LogP contribution is 2.43. The first kappa shape index (κ1) is 26.2. The van der Waals surface area contributed by atoms with Crippen LogP contribution < -0.4 is 16.0 Å². The van der Waals surface area contributed by atoms with Crippen molar-refractivity contribution >= 4 is 29.3 Å². The van der Waals surface area contributed by atoms with Crippen molar-refractivity contribution in [2.24, 2.45) is 22.7 Å². The number of hydrogen-bond donors (Lipinski definition) is 4. The van der Waals surface area contributed by atoms with Crippen LogP contribution in [0.25, 0.3) is 0 Å². The van der Waals surface area contributed by atoms with Gasteiger partial charge in [0.15, 0.2) is 5.78 Å². The molecule has 5 unspecified atom stereocenters. The van der Waals surface area contributed by atoms with E-state index in [0.717, 1.165) is 12.8 Å². The largest absolute Gasteiger partial charge is 0.344 e. The first-order valence-corrected chi connectivity index (χ1v) is 12.2. The molecule has 0 radical (unpaired) electrons. The highest BCUT2D eigenvalue weighted by Gasteiger charge is 2.55. The molecule has 3 rings (SSSR count). The van der Waals surface area contributed by atoms with Crippen LogP contribution in [0.1, 0.15) is 74.7 Å². The predicted octanol–water partition coefficient (Wildman–Crippen LogP) is 2.24. The Hall–Kier alpha value is -2.45. The minimum Gasteiger partial charge on any atom is -0.344 e. The van der Waals surface area contributed by atoms with Crippen LogP contribution in [-0.2, 0) is 14.4 Å². The first-order valence-electron chi connectivity index (χ1n) is 12.2. The number of ketones is 1. The highest BCUT2D eigenvalue weighted by atomic mass is 16.2. The molecule has 0 bridgehead atoms. The average molecular weight is 476 g/mol. The normalized spacial score (nSPS) is 29.2. The molecule has 3 fully saturated rings. The zero-order valence-electron chi connectivity index (χ0n) is 21.8. The molecule has 0 spiro atoms. The first-order chi connectivity index (χ1) is 15.4. The molecule has 2 saturated carbocycles. The minimum absolute atomic E-state index is 0.0386. The number of carbonyl (C=O) groups is 4. The van der Waals surface area contributed by atoms with Gasteiger partial charge in [-0.3, -0.25) is 14.4 Å². The van der Waals surface area contributed by atoms with E-state index in [4.69, 9.17) is 5.41 Å². The summed E-state index contributed by atoms with van der Waals surface area (Å²) in [4.78, 5) is 53.6. The van der Waals surface area contributed by atoms with Crippen molar-refractivity contribution in [2.75, 3.05) is 6.54 Å². The molecule has 9 nitrogen and oxygen atoms in total. The summed E-state index contributed by atoms with van der Waals surface area (Å²) in [6.45, 7) is 15.4. The SMILES string of the molecule is CC(C)(C)NC(=O)NC(C(=O)N1CC(C)(C)C1C(=O)NC1CC2CCC2C(=N)C1=O)C(C)(C)C. The maximum atomic E-state index is 13.6. The van der Waals surface area contributed by atoms with Crippen LogP contribution in [0, 0.1) is 28.1 Å². The molecule has 34 heavy (non-hydrogen) atoms. The molecular formula is C25H41N5O4. The minimum atomic E-state index is -0.832. The quantitative estimate of drug-likeness (QED) is 0.496. The lowest BCUT2D eigenvalue weighted by Gasteiger charge is -2.55. The Bertz CT molecular complexity index is 898. The van der Waals surface area contributed by atoms with Crippen LogP contribution in [0.2, 0.25) is 0 Å². The van der Waals surface area contributed by atoms with Gasteiger partial charge in [-0.1, -0.05) is 34.6 Å². The Morgan fingerprint density at radius 3 is 2.18 bits per heavy atom. The number of nitrogens with zero attached hydrogens (tertiary/aromatic N) is 1. The number of amides is 4. The standard InChI is InChI=1S/C25H41N5O4/c1-23(2,3)18(28-22(34)29-24(4,5)6)21(33)30-12-25(7,8)19(30)20(32)27-15-11-13-9-10-14(13)16(26)17(15)31/h13-15,18-19,26H,9-12H2,1-8H3,(H,27,32)(H2,28,29,34). The van der Waals surface area contributed by atoms with Crippen molar-refractivity contribution in [3.05, 3.63) is 0 Å². The highest BCUT2D eigenvalue weighted by molar-refractivity contribution is 6.42. The summed E-state index contributed by atoms with van der Waals surface area (Å²) in [5.41, 5.74) is -1.40. The molecule has 1 saturated heterocycles. The summed E-state index contributed by atoms with van der Waals surface area (Å²) >= 11 is 0. The van der Waals surface area contributed by atoms with Gasteiger partial charge in [-0.25, -0.2) is 4.79 Å². The third kappa shape index (κ3) is 5.13. The molecule has 1 aliphatic heterocycles. The van der Waals surface area contributed by atoms with E-state index < -0.39 is 40.5 Å². The number of rotatable bonds is 4. The van der Waals surface area contributed by atoms with E-state index in [1.807, 2.05) is 55.4 Å². The molecule has 1 heterocycles. The van der Waals surface area contributed by atoms with Gasteiger partial charge in [0.1, 0.15) is 12.1 Å². The maximum Gasteiger partial charge on any atom is 0.315 e. The van der Waals surface area contributed by atoms with E-state index in [0.29, 0.717) is 13.0 Å². The smallest absolute Gasteiger partial charge is 0.315 e. The van der Waals surface area contributed by atoms with Crippen molar-refractivity contribution in [3.63, 3.8) is 0 Å². The van der Waals surface area contributed by atoms with Crippen LogP contribution in [0.4, 0.5) is 4.79 Å². The fourth-order valence-corrected chi connectivity index (χ4v) is 5.34. The molecule has 190 valence electrons. The molecular weight excluding hydrogens is 434 g/mol. The van der Waals surface area contributed by atoms with Gasteiger partial charge in [-0.05, 0) is 51.4 Å². The molecule has 4 N–H and O–H groups in total. The second-order valence-corrected chi connectivity index (χ2v) is 13.0. The molecule has 0 aromatic heterocycles. The van der Waals surface area contributed by atoms with Gasteiger partial charge >= 0.3 is 6.03 Å². The number of likely N-dealkylation sites (tertiary alicyclic amines) is 1. The third-order valence-electron chi connectivity index (χ3n) is 7.26. The van der Waals surface area contributed by atoms with Gasteiger partial charge in [0.2, 0.25) is 11.8 Å². The Morgan fingerprint density at radius 2 is 1.71 bits per heavy atom. The van der Waals surface area contributed by atoms with Gasteiger partial charge in [0.05, 0.1) is 11.8 Å². The van der Waals surface area contributed by atoms with Gasteiger partial charge in [-0.15, -0.1) is 0 Å². The van der Waals surface area contributed by atoms with E-state index in [9.17, 15) is 19.2 Å². The van der Waals surface area contributed by atoms with E-state index in [2.05, 4.69) is 16.0 Å². The van der Waals surface area contributed by atoms with Gasteiger partial charge in [0, 0.05) is 23.4 Å². The number of urea groups is 1. The topological polar surface area (TPSA) is 131 Å². The Balaban J connectivity index is 1.74. The maximum absolute atomic E-state index is 13.6. The lowest BCUT2D eigenvalue weighted by molar-refractivity contribution is -0.165. The molecule has 9 heteroatoms. The lowest BCUT2D eigenvalue weighted by atomic mass is 9.62. The van der Waals surface area contributed by atoms with E-state index in [1.54, 1.807) is 0 Å². The molecule has 2 aliphatic carbocycles. The molecule has 4 amide bonds. The summed E-state index contributed by atoms with van der Waals surface area (Å²) in [6.07, 6.45) is 2.40. The van der Waals surface area contributed by atoms with Crippen LogP contribution in [0.15, 0.2) is 0 Å². The number of carbonyl (C=O) groups excluding carboxylic acids is 4. The van der Waals surface area contributed by atoms with E-state index >= 15 is 0 Å². The summed E-state index contributed by atoms with van der Waals surface area (Å²) in [6, 6.07) is -2.73. The third-order valence-corrected chi connectivity index (χ3v) is 7.26. The zero-order chi connectivity index (χ0) is 25.8. The van der Waals surface area contributed by atoms with Crippen molar-refractivity contribution in [1.82, 2.24) is 20.9 Å². The van der Waals surface area contributed by atoms with Gasteiger partial charge < -0.3 is 26.3 Å². The van der Waals surface area contributed by atoms with Crippen molar-refractivity contribution in [2.45, 2.75) is 98.3 Å². The fraction of sp³-hybridized carbons (Fsp3) is 0.800. The van der Waals surface area contributed by atoms with Crippen molar-refractivity contribution in [1.29, 1.82) is 5.41 Å². The zero-order valence-corrected chi connectivity index (χ0v) is 21.8. The van der Waals surface area contributed by atoms with E-state index in [-0.39, 0.29) is 35.1 Å². The number of fused-ring (bicyclic) bond motifs is 1. The van der Waals surface area contributed by atoms with Crippen LogP contribution in [0.3, 0.4) is 0 Å². The van der Waals surface area contributed by atoms with Gasteiger partial charge in [-0.2, -0.15) is 0 Å². The van der Waals surface area contributed by atoms with Crippen LogP contribution in [0.5, 0.6) is 0 Å². The monoisotopic (exact) mass is 475 g/mol. The predicted molar refractivity (Wildman–Crippen MR) is 129 cm³/mol. The number of hydrogen-bond acceptors (Lipinski definition) is 5. The van der Waals surface area contributed by atoms with Crippen molar-refractivity contribution < 1.29 is 19.2 Å². The summed E-state index contributed by atoms with van der Waals surface area (Å²) < 4.78 is 0. The number of Topliss-reactive ketones (excluding diaryl/α,β-unsaturated/α-hetero) is 1. The second kappa shape index (κ2) is 8.64. The summed E-state index contributed by atoms with van der Waals surface area (Å²) in [7, 11) is 0. The van der Waals surface area contributed by atoms with E-state index in [1.165, 1.54) is 4.90 Å². The lowest BCUT2D eigenvalue weighted by Crippen LogP contribution is -2.73.